The molecule has 0 aliphatic carbocycles. The second-order valence-corrected chi connectivity index (χ2v) is 7.36. The normalized spacial score (nSPS) is 14.5. The third-order valence-electron chi connectivity index (χ3n) is 4.79. The van der Waals surface area contributed by atoms with E-state index < -0.39 is 0 Å². The van der Waals surface area contributed by atoms with E-state index in [1.807, 2.05) is 29.2 Å². The van der Waals surface area contributed by atoms with E-state index in [-0.39, 0.29) is 5.91 Å². The summed E-state index contributed by atoms with van der Waals surface area (Å²) < 4.78 is 19.3. The van der Waals surface area contributed by atoms with Gasteiger partial charge >= 0.3 is 0 Å². The van der Waals surface area contributed by atoms with Gasteiger partial charge in [-0.3, -0.25) is 4.79 Å². The van der Waals surface area contributed by atoms with E-state index in [0.29, 0.717) is 38.5 Å². The first kappa shape index (κ1) is 17.9. The van der Waals surface area contributed by atoms with E-state index in [0.717, 1.165) is 27.3 Å². The maximum Gasteiger partial charge on any atom is 0.270 e. The van der Waals surface area contributed by atoms with Gasteiger partial charge in [0.05, 0.1) is 37.6 Å². The maximum atomic E-state index is 13.1. The zero-order valence-corrected chi connectivity index (χ0v) is 16.3. The van der Waals surface area contributed by atoms with Crippen LogP contribution in [0.4, 0.5) is 0 Å². The van der Waals surface area contributed by atoms with E-state index in [1.54, 1.807) is 25.6 Å². The molecule has 27 heavy (non-hydrogen) atoms. The Balaban J connectivity index is 1.72. The molecule has 2 aromatic heterocycles. The Morgan fingerprint density at radius 2 is 1.81 bits per heavy atom. The molecule has 0 radical (unpaired) electrons. The zero-order valence-electron chi connectivity index (χ0n) is 15.4. The van der Waals surface area contributed by atoms with E-state index in [2.05, 4.69) is 16.0 Å². The SMILES string of the molecule is COc1cc(Cn2c(C(=O)N3CCOCC3)cc3sccc32)cc(OC)c1. The smallest absolute Gasteiger partial charge is 0.270 e. The molecule has 0 bridgehead atoms. The number of fused-ring (bicyclic) bond motifs is 1. The number of nitrogens with zero attached hydrogens (tertiary/aromatic N) is 2. The summed E-state index contributed by atoms with van der Waals surface area (Å²) in [6.45, 7) is 3.01. The molecule has 7 heteroatoms. The molecule has 1 amide bonds. The van der Waals surface area contributed by atoms with Crippen molar-refractivity contribution < 1.29 is 19.0 Å². The molecule has 1 aromatic carbocycles. The van der Waals surface area contributed by atoms with Crippen LogP contribution in [0.3, 0.4) is 0 Å². The van der Waals surface area contributed by atoms with Gasteiger partial charge in [0.2, 0.25) is 0 Å². The van der Waals surface area contributed by atoms with Crippen LogP contribution < -0.4 is 9.47 Å². The Hall–Kier alpha value is -2.51. The molecule has 1 fully saturated rings. The third kappa shape index (κ3) is 3.52. The van der Waals surface area contributed by atoms with Crippen molar-refractivity contribution in [1.29, 1.82) is 0 Å². The Labute approximate surface area is 161 Å². The van der Waals surface area contributed by atoms with E-state index >= 15 is 0 Å². The van der Waals surface area contributed by atoms with Crippen LogP contribution in [0.2, 0.25) is 0 Å². The minimum atomic E-state index is 0.0524. The predicted octanol–water partition coefficient (Wildman–Crippen LogP) is 3.24. The average Bonchev–Trinajstić information content (AvgIpc) is 3.30. The van der Waals surface area contributed by atoms with Crippen LogP contribution in [-0.4, -0.2) is 55.9 Å². The number of hydrogen-bond acceptors (Lipinski definition) is 5. The van der Waals surface area contributed by atoms with Gasteiger partial charge in [-0.1, -0.05) is 0 Å². The monoisotopic (exact) mass is 386 g/mol. The Morgan fingerprint density at radius 1 is 1.11 bits per heavy atom. The second kappa shape index (κ2) is 7.62. The van der Waals surface area contributed by atoms with Gasteiger partial charge in [-0.25, -0.2) is 0 Å². The van der Waals surface area contributed by atoms with Crippen LogP contribution >= 0.6 is 11.3 Å². The molecule has 3 aromatic rings. The fourth-order valence-electron chi connectivity index (χ4n) is 3.39. The highest BCUT2D eigenvalue weighted by Gasteiger charge is 2.23. The molecule has 0 saturated carbocycles. The molecule has 4 rings (SSSR count). The molecule has 1 saturated heterocycles. The first-order chi connectivity index (χ1) is 13.2. The van der Waals surface area contributed by atoms with Gasteiger partial charge in [0.25, 0.3) is 5.91 Å². The second-order valence-electron chi connectivity index (χ2n) is 6.41. The summed E-state index contributed by atoms with van der Waals surface area (Å²) in [6.07, 6.45) is 0. The van der Waals surface area contributed by atoms with Gasteiger partial charge in [-0.2, -0.15) is 0 Å². The van der Waals surface area contributed by atoms with Gasteiger partial charge in [0.1, 0.15) is 17.2 Å². The number of amides is 1. The Morgan fingerprint density at radius 3 is 2.48 bits per heavy atom. The van der Waals surface area contributed by atoms with Crippen LogP contribution in [0.5, 0.6) is 11.5 Å². The molecule has 3 heterocycles. The highest BCUT2D eigenvalue weighted by Crippen LogP contribution is 2.29. The minimum absolute atomic E-state index is 0.0524. The summed E-state index contributed by atoms with van der Waals surface area (Å²) in [4.78, 5) is 15.0. The number of methoxy groups -OCH3 is 2. The van der Waals surface area contributed by atoms with Crippen LogP contribution in [-0.2, 0) is 11.3 Å². The number of aromatic nitrogens is 1. The molecule has 1 aliphatic rings. The molecule has 142 valence electrons. The molecular weight excluding hydrogens is 364 g/mol. The van der Waals surface area contributed by atoms with E-state index in [9.17, 15) is 4.79 Å². The number of benzene rings is 1. The summed E-state index contributed by atoms with van der Waals surface area (Å²) in [5.41, 5.74) is 2.80. The summed E-state index contributed by atoms with van der Waals surface area (Å²) in [5.74, 6) is 1.52. The number of rotatable bonds is 5. The molecule has 0 unspecified atom stereocenters. The molecule has 0 N–H and O–H groups in total. The van der Waals surface area contributed by atoms with Gasteiger partial charge in [0.15, 0.2) is 0 Å². The fourth-order valence-corrected chi connectivity index (χ4v) is 4.22. The third-order valence-corrected chi connectivity index (χ3v) is 5.65. The molecular formula is C20H22N2O4S. The lowest BCUT2D eigenvalue weighted by Gasteiger charge is -2.27. The number of hydrogen-bond donors (Lipinski definition) is 0. The first-order valence-corrected chi connectivity index (χ1v) is 9.73. The number of morpholine rings is 1. The van der Waals surface area contributed by atoms with Crippen LogP contribution in [0.25, 0.3) is 10.2 Å². The highest BCUT2D eigenvalue weighted by molar-refractivity contribution is 7.17. The van der Waals surface area contributed by atoms with Crippen molar-refractivity contribution in [2.24, 2.45) is 0 Å². The van der Waals surface area contributed by atoms with Gasteiger partial charge in [0, 0.05) is 25.7 Å². The number of thiophene rings is 1. The Kier molecular flexibility index (Phi) is 5.05. The summed E-state index contributed by atoms with van der Waals surface area (Å²) >= 11 is 1.65. The minimum Gasteiger partial charge on any atom is -0.497 e. The predicted molar refractivity (Wildman–Crippen MR) is 105 cm³/mol. The molecule has 1 aliphatic heterocycles. The van der Waals surface area contributed by atoms with Crippen LogP contribution in [0.15, 0.2) is 35.7 Å². The van der Waals surface area contributed by atoms with Crippen LogP contribution in [0.1, 0.15) is 16.1 Å². The Bertz CT molecular complexity index is 934. The standard InChI is InChI=1S/C20H22N2O4S/c1-24-15-9-14(10-16(11-15)25-2)13-22-17-3-8-27-19(17)12-18(22)20(23)21-4-6-26-7-5-21/h3,8-12H,4-7,13H2,1-2H3. The van der Waals surface area contributed by atoms with E-state index in [4.69, 9.17) is 14.2 Å². The average molecular weight is 386 g/mol. The topological polar surface area (TPSA) is 52.9 Å². The highest BCUT2D eigenvalue weighted by atomic mass is 32.1. The molecule has 0 atom stereocenters. The van der Waals surface area contributed by atoms with Crippen LogP contribution in [0, 0.1) is 0 Å². The number of carbonyl (C=O) groups excluding carboxylic acids is 1. The lowest BCUT2D eigenvalue weighted by atomic mass is 10.2. The maximum absolute atomic E-state index is 13.1. The van der Waals surface area contributed by atoms with E-state index in [1.165, 1.54) is 0 Å². The lowest BCUT2D eigenvalue weighted by molar-refractivity contribution is 0.0296. The van der Waals surface area contributed by atoms with Gasteiger partial charge in [-0.05, 0) is 35.2 Å². The molecule has 0 spiro atoms. The van der Waals surface area contributed by atoms with Crippen molar-refractivity contribution in [3.05, 3.63) is 47.0 Å². The fraction of sp³-hybridized carbons (Fsp3) is 0.350. The van der Waals surface area contributed by atoms with Crippen molar-refractivity contribution in [1.82, 2.24) is 9.47 Å². The number of ether oxygens (including phenoxy) is 3. The summed E-state index contributed by atoms with van der Waals surface area (Å²) in [6, 6.07) is 9.86. The van der Waals surface area contributed by atoms with Crippen molar-refractivity contribution in [3.63, 3.8) is 0 Å². The summed E-state index contributed by atoms with van der Waals surface area (Å²) in [5, 5.41) is 2.05. The quantitative estimate of drug-likeness (QED) is 0.676. The van der Waals surface area contributed by atoms with Gasteiger partial charge in [-0.15, -0.1) is 11.3 Å². The van der Waals surface area contributed by atoms with Gasteiger partial charge < -0.3 is 23.7 Å². The van der Waals surface area contributed by atoms with Crippen molar-refractivity contribution in [2.75, 3.05) is 40.5 Å². The first-order valence-electron chi connectivity index (χ1n) is 8.85. The lowest BCUT2D eigenvalue weighted by Crippen LogP contribution is -2.41. The number of carbonyl (C=O) groups is 1. The van der Waals surface area contributed by atoms with Crippen molar-refractivity contribution in [3.8, 4) is 11.5 Å². The molecule has 6 nitrogen and oxygen atoms in total. The summed E-state index contributed by atoms with van der Waals surface area (Å²) in [7, 11) is 3.28. The zero-order chi connectivity index (χ0) is 18.8. The van der Waals surface area contributed by atoms with Crippen molar-refractivity contribution >= 4 is 27.5 Å². The largest absolute Gasteiger partial charge is 0.497 e. The van der Waals surface area contributed by atoms with Crippen molar-refractivity contribution in [2.45, 2.75) is 6.54 Å².